The van der Waals surface area contributed by atoms with E-state index in [4.69, 9.17) is 5.11 Å². The molecule has 0 aliphatic carbocycles. The maximum absolute atomic E-state index is 9.09. The van der Waals surface area contributed by atoms with E-state index in [0.29, 0.717) is 12.6 Å². The number of nitrogens with one attached hydrogen (secondary N) is 1. The minimum atomic E-state index is -0.235. The van der Waals surface area contributed by atoms with Gasteiger partial charge >= 0.3 is 0 Å². The molecule has 0 radical (unpaired) electrons. The van der Waals surface area contributed by atoms with Gasteiger partial charge in [-0.15, -0.1) is 0 Å². The predicted octanol–water partition coefficient (Wildman–Crippen LogP) is 0.441. The molecule has 1 aliphatic rings. The second kappa shape index (κ2) is 5.58. The lowest BCUT2D eigenvalue weighted by Gasteiger charge is -2.21. The summed E-state index contributed by atoms with van der Waals surface area (Å²) >= 11 is 0. The molecule has 1 fully saturated rings. The Balaban J connectivity index is 2.05. The second-order valence-corrected chi connectivity index (χ2v) is 4.17. The van der Waals surface area contributed by atoms with Crippen molar-refractivity contribution in [1.29, 1.82) is 0 Å². The van der Waals surface area contributed by atoms with E-state index in [1.54, 1.807) is 0 Å². The maximum atomic E-state index is 9.09. The van der Waals surface area contributed by atoms with Crippen molar-refractivity contribution in [2.24, 2.45) is 0 Å². The predicted molar refractivity (Wildman–Crippen MR) is 54.8 cm³/mol. The number of likely N-dealkylation sites (tertiary alicyclic amines) is 1. The van der Waals surface area contributed by atoms with E-state index in [1.165, 1.54) is 25.9 Å². The molecule has 3 nitrogen and oxygen atoms in total. The summed E-state index contributed by atoms with van der Waals surface area (Å²) < 4.78 is 0. The molecule has 2 N–H and O–H groups in total. The zero-order valence-corrected chi connectivity index (χ0v) is 8.79. The third-order valence-corrected chi connectivity index (χ3v) is 2.49. The fourth-order valence-corrected chi connectivity index (χ4v) is 1.79. The van der Waals surface area contributed by atoms with E-state index < -0.39 is 0 Å². The lowest BCUT2D eigenvalue weighted by atomic mass is 10.3. The Morgan fingerprint density at radius 1 is 1.31 bits per heavy atom. The summed E-state index contributed by atoms with van der Waals surface area (Å²) in [6.45, 7) is 8.32. The van der Waals surface area contributed by atoms with Crippen molar-refractivity contribution < 1.29 is 5.11 Å². The maximum Gasteiger partial charge on any atom is 0.0636 e. The Labute approximate surface area is 81.1 Å². The van der Waals surface area contributed by atoms with Crippen LogP contribution in [0, 0.1) is 0 Å². The quantitative estimate of drug-likeness (QED) is 0.654. The molecule has 0 bridgehead atoms. The van der Waals surface area contributed by atoms with E-state index in [1.807, 2.05) is 6.92 Å². The third kappa shape index (κ3) is 4.60. The minimum absolute atomic E-state index is 0.235. The summed E-state index contributed by atoms with van der Waals surface area (Å²) in [5.41, 5.74) is 0. The van der Waals surface area contributed by atoms with Gasteiger partial charge in [0.2, 0.25) is 0 Å². The first kappa shape index (κ1) is 11.0. The molecule has 0 aromatic carbocycles. The van der Waals surface area contributed by atoms with Crippen LogP contribution in [0.1, 0.15) is 26.7 Å². The first-order chi connectivity index (χ1) is 6.18. The number of nitrogens with zero attached hydrogens (tertiary/aromatic N) is 1. The zero-order valence-electron chi connectivity index (χ0n) is 8.79. The van der Waals surface area contributed by atoms with Crippen LogP contribution in [0.2, 0.25) is 0 Å². The molecule has 78 valence electrons. The topological polar surface area (TPSA) is 35.5 Å². The van der Waals surface area contributed by atoms with Gasteiger partial charge in [0, 0.05) is 19.1 Å². The molecule has 1 rings (SSSR count). The largest absolute Gasteiger partial charge is 0.392 e. The molecule has 2 atom stereocenters. The van der Waals surface area contributed by atoms with Gasteiger partial charge in [0.25, 0.3) is 0 Å². The zero-order chi connectivity index (χ0) is 9.68. The smallest absolute Gasteiger partial charge is 0.0636 e. The highest BCUT2D eigenvalue weighted by molar-refractivity contribution is 4.72. The average molecular weight is 186 g/mol. The number of hydrogen-bond acceptors (Lipinski definition) is 3. The van der Waals surface area contributed by atoms with Crippen LogP contribution in [-0.2, 0) is 0 Å². The molecule has 13 heavy (non-hydrogen) atoms. The van der Waals surface area contributed by atoms with Gasteiger partial charge in [0.15, 0.2) is 0 Å². The average Bonchev–Trinajstić information content (AvgIpc) is 2.53. The molecule has 0 aromatic rings. The van der Waals surface area contributed by atoms with Crippen molar-refractivity contribution in [2.75, 3.05) is 26.2 Å². The van der Waals surface area contributed by atoms with Crippen LogP contribution in [-0.4, -0.2) is 48.3 Å². The van der Waals surface area contributed by atoms with Crippen LogP contribution in [0.4, 0.5) is 0 Å². The van der Waals surface area contributed by atoms with Crippen LogP contribution < -0.4 is 5.32 Å². The molecule has 1 unspecified atom stereocenters. The Hall–Kier alpha value is -0.120. The van der Waals surface area contributed by atoms with Gasteiger partial charge in [-0.3, -0.25) is 0 Å². The first-order valence-electron chi connectivity index (χ1n) is 5.32. The molecular formula is C10H22N2O. The van der Waals surface area contributed by atoms with E-state index in [9.17, 15) is 0 Å². The molecule has 1 saturated heterocycles. The minimum Gasteiger partial charge on any atom is -0.392 e. The van der Waals surface area contributed by atoms with Gasteiger partial charge in [0.1, 0.15) is 0 Å². The normalized spacial score (nSPS) is 23.3. The summed E-state index contributed by atoms with van der Waals surface area (Å²) in [4.78, 5) is 2.49. The van der Waals surface area contributed by atoms with Gasteiger partial charge in [-0.1, -0.05) is 0 Å². The highest BCUT2D eigenvalue weighted by Crippen LogP contribution is 2.07. The Bertz CT molecular complexity index is 133. The van der Waals surface area contributed by atoms with Crippen LogP contribution in [0.3, 0.4) is 0 Å². The fraction of sp³-hybridized carbons (Fsp3) is 1.00. The molecule has 0 aromatic heterocycles. The Morgan fingerprint density at radius 2 is 1.92 bits per heavy atom. The van der Waals surface area contributed by atoms with Crippen LogP contribution in [0.25, 0.3) is 0 Å². The van der Waals surface area contributed by atoms with Crippen LogP contribution in [0.15, 0.2) is 0 Å². The molecule has 0 saturated carbocycles. The summed E-state index contributed by atoms with van der Waals surface area (Å²) in [6, 6.07) is 0.493. The fourth-order valence-electron chi connectivity index (χ4n) is 1.79. The number of hydrogen-bond donors (Lipinski definition) is 2. The van der Waals surface area contributed by atoms with E-state index in [0.717, 1.165) is 6.54 Å². The van der Waals surface area contributed by atoms with Crippen molar-refractivity contribution in [3.05, 3.63) is 0 Å². The van der Waals surface area contributed by atoms with Crippen molar-refractivity contribution >= 4 is 0 Å². The lowest BCUT2D eigenvalue weighted by Crippen LogP contribution is -2.40. The van der Waals surface area contributed by atoms with Crippen molar-refractivity contribution in [3.63, 3.8) is 0 Å². The molecule has 1 aliphatic heterocycles. The van der Waals surface area contributed by atoms with Crippen LogP contribution in [0.5, 0.6) is 0 Å². The summed E-state index contributed by atoms with van der Waals surface area (Å²) in [5, 5.41) is 12.4. The van der Waals surface area contributed by atoms with E-state index >= 15 is 0 Å². The van der Waals surface area contributed by atoms with E-state index in [-0.39, 0.29) is 6.10 Å². The number of aliphatic hydroxyl groups excluding tert-OH is 1. The van der Waals surface area contributed by atoms with Gasteiger partial charge in [0.05, 0.1) is 6.10 Å². The Morgan fingerprint density at radius 3 is 2.46 bits per heavy atom. The lowest BCUT2D eigenvalue weighted by molar-refractivity contribution is 0.181. The molecule has 0 amide bonds. The van der Waals surface area contributed by atoms with Gasteiger partial charge in [-0.05, 0) is 39.8 Å². The highest BCUT2D eigenvalue weighted by atomic mass is 16.3. The SMILES string of the molecule is CC(CN1CCCC1)NC[C@H](C)O. The first-order valence-corrected chi connectivity index (χ1v) is 5.32. The standard InChI is InChI=1S/C10H22N2O/c1-9(11-7-10(2)13)8-12-5-3-4-6-12/h9-11,13H,3-8H2,1-2H3/t9?,10-/m0/s1. The van der Waals surface area contributed by atoms with Gasteiger partial charge in [-0.25, -0.2) is 0 Å². The highest BCUT2D eigenvalue weighted by Gasteiger charge is 2.14. The third-order valence-electron chi connectivity index (χ3n) is 2.49. The monoisotopic (exact) mass is 186 g/mol. The van der Waals surface area contributed by atoms with Gasteiger partial charge in [-0.2, -0.15) is 0 Å². The molecule has 0 spiro atoms. The van der Waals surface area contributed by atoms with Crippen molar-refractivity contribution in [3.8, 4) is 0 Å². The Kier molecular flexibility index (Phi) is 4.70. The number of aliphatic hydroxyl groups is 1. The molecular weight excluding hydrogens is 164 g/mol. The number of rotatable bonds is 5. The summed E-state index contributed by atoms with van der Waals surface area (Å²) in [6.07, 6.45) is 2.47. The van der Waals surface area contributed by atoms with Gasteiger partial charge < -0.3 is 15.3 Å². The second-order valence-electron chi connectivity index (χ2n) is 4.17. The summed E-state index contributed by atoms with van der Waals surface area (Å²) in [5.74, 6) is 0. The van der Waals surface area contributed by atoms with Crippen molar-refractivity contribution in [1.82, 2.24) is 10.2 Å². The summed E-state index contributed by atoms with van der Waals surface area (Å²) in [7, 11) is 0. The van der Waals surface area contributed by atoms with E-state index in [2.05, 4.69) is 17.1 Å². The van der Waals surface area contributed by atoms with Crippen LogP contribution >= 0.6 is 0 Å². The molecule has 1 heterocycles. The molecule has 3 heteroatoms. The van der Waals surface area contributed by atoms with Crippen molar-refractivity contribution in [2.45, 2.75) is 38.8 Å².